The van der Waals surface area contributed by atoms with E-state index in [1.165, 1.54) is 0 Å². The zero-order valence-corrected chi connectivity index (χ0v) is 15.1. The van der Waals surface area contributed by atoms with E-state index in [2.05, 4.69) is 11.8 Å². The van der Waals surface area contributed by atoms with E-state index >= 15 is 0 Å². The minimum atomic E-state index is 0.0766. The van der Waals surface area contributed by atoms with Crippen LogP contribution in [0.3, 0.4) is 0 Å². The standard InChI is InChI=1S/C19H28N2O4/c1-15(20-8-10-24-11-9-20)6-7-19(22)21-13-18(14-21)25-17-5-3-4-16(12-17)23-2/h3-5,12,15,18H,6-11,13-14H2,1-2H3. The molecule has 138 valence electrons. The zero-order valence-electron chi connectivity index (χ0n) is 15.1. The molecule has 1 unspecified atom stereocenters. The molecule has 1 aromatic rings. The third-order valence-corrected chi connectivity index (χ3v) is 4.99. The lowest BCUT2D eigenvalue weighted by Gasteiger charge is -2.39. The number of nitrogens with zero attached hydrogens (tertiary/aromatic N) is 2. The molecule has 1 atom stereocenters. The van der Waals surface area contributed by atoms with E-state index in [1.54, 1.807) is 7.11 Å². The van der Waals surface area contributed by atoms with Gasteiger partial charge in [0.05, 0.1) is 33.4 Å². The first kappa shape index (κ1) is 18.0. The van der Waals surface area contributed by atoms with Gasteiger partial charge < -0.3 is 19.1 Å². The van der Waals surface area contributed by atoms with Crippen LogP contribution < -0.4 is 9.47 Å². The second-order valence-electron chi connectivity index (χ2n) is 6.75. The fourth-order valence-electron chi connectivity index (χ4n) is 3.27. The summed E-state index contributed by atoms with van der Waals surface area (Å²) in [4.78, 5) is 16.6. The fourth-order valence-corrected chi connectivity index (χ4v) is 3.27. The predicted octanol–water partition coefficient (Wildman–Crippen LogP) is 1.79. The van der Waals surface area contributed by atoms with E-state index in [-0.39, 0.29) is 12.0 Å². The molecule has 2 heterocycles. The monoisotopic (exact) mass is 348 g/mol. The Morgan fingerprint density at radius 1 is 1.28 bits per heavy atom. The number of methoxy groups -OCH3 is 1. The Morgan fingerprint density at radius 3 is 2.72 bits per heavy atom. The number of likely N-dealkylation sites (tertiary alicyclic amines) is 1. The van der Waals surface area contributed by atoms with Crippen LogP contribution >= 0.6 is 0 Å². The molecule has 2 saturated heterocycles. The highest BCUT2D eigenvalue weighted by molar-refractivity contribution is 5.77. The maximum Gasteiger partial charge on any atom is 0.222 e. The first-order valence-electron chi connectivity index (χ1n) is 9.06. The first-order chi connectivity index (χ1) is 12.2. The molecule has 6 heteroatoms. The van der Waals surface area contributed by atoms with Gasteiger partial charge >= 0.3 is 0 Å². The van der Waals surface area contributed by atoms with Gasteiger partial charge in [-0.25, -0.2) is 0 Å². The highest BCUT2D eigenvalue weighted by atomic mass is 16.5. The van der Waals surface area contributed by atoms with Crippen LogP contribution in [-0.2, 0) is 9.53 Å². The molecule has 2 aliphatic heterocycles. The van der Waals surface area contributed by atoms with Crippen molar-refractivity contribution in [3.8, 4) is 11.5 Å². The van der Waals surface area contributed by atoms with E-state index in [1.807, 2.05) is 29.2 Å². The van der Waals surface area contributed by atoms with Crippen LogP contribution in [0.5, 0.6) is 11.5 Å². The summed E-state index contributed by atoms with van der Waals surface area (Å²) in [5, 5.41) is 0. The van der Waals surface area contributed by atoms with E-state index in [0.717, 1.165) is 44.2 Å². The van der Waals surface area contributed by atoms with Crippen molar-refractivity contribution in [2.24, 2.45) is 0 Å². The van der Waals surface area contributed by atoms with Gasteiger partial charge in [0.1, 0.15) is 17.6 Å². The predicted molar refractivity (Wildman–Crippen MR) is 95.1 cm³/mol. The SMILES string of the molecule is COc1cccc(OC2CN(C(=O)CCC(C)N3CCOCC3)C2)c1. The summed E-state index contributed by atoms with van der Waals surface area (Å²) in [6.45, 7) is 7.07. The molecule has 0 N–H and O–H groups in total. The molecule has 0 radical (unpaired) electrons. The summed E-state index contributed by atoms with van der Waals surface area (Å²) in [5.74, 6) is 1.80. The number of hydrogen-bond donors (Lipinski definition) is 0. The Labute approximate surface area is 149 Å². The van der Waals surface area contributed by atoms with Gasteiger partial charge in [0.15, 0.2) is 0 Å². The van der Waals surface area contributed by atoms with Crippen LogP contribution in [0.4, 0.5) is 0 Å². The van der Waals surface area contributed by atoms with Crippen LogP contribution in [-0.4, -0.2) is 74.4 Å². The van der Waals surface area contributed by atoms with Crippen molar-refractivity contribution in [2.75, 3.05) is 46.5 Å². The van der Waals surface area contributed by atoms with Crippen molar-refractivity contribution in [3.63, 3.8) is 0 Å². The Kier molecular flexibility index (Phi) is 6.15. The number of hydrogen-bond acceptors (Lipinski definition) is 5. The summed E-state index contributed by atoms with van der Waals surface area (Å²) < 4.78 is 16.5. The third-order valence-electron chi connectivity index (χ3n) is 4.99. The quantitative estimate of drug-likeness (QED) is 0.752. The van der Waals surface area contributed by atoms with Crippen molar-refractivity contribution >= 4 is 5.91 Å². The number of morpholine rings is 1. The minimum Gasteiger partial charge on any atom is -0.497 e. The van der Waals surface area contributed by atoms with Gasteiger partial charge in [-0.3, -0.25) is 9.69 Å². The summed E-state index contributed by atoms with van der Waals surface area (Å²) >= 11 is 0. The lowest BCUT2D eigenvalue weighted by atomic mass is 10.1. The summed E-state index contributed by atoms with van der Waals surface area (Å²) in [6, 6.07) is 8.01. The molecule has 2 fully saturated rings. The minimum absolute atomic E-state index is 0.0766. The van der Waals surface area contributed by atoms with Crippen molar-refractivity contribution in [1.82, 2.24) is 9.80 Å². The van der Waals surface area contributed by atoms with Crippen molar-refractivity contribution in [2.45, 2.75) is 31.9 Å². The second-order valence-corrected chi connectivity index (χ2v) is 6.75. The van der Waals surface area contributed by atoms with Crippen LogP contribution in [0.15, 0.2) is 24.3 Å². The Hall–Kier alpha value is -1.79. The van der Waals surface area contributed by atoms with Gasteiger partial charge in [0.2, 0.25) is 5.91 Å². The molecule has 0 aromatic heterocycles. The van der Waals surface area contributed by atoms with Crippen molar-refractivity contribution in [1.29, 1.82) is 0 Å². The average molecular weight is 348 g/mol. The normalized spacial score (nSPS) is 20.0. The van der Waals surface area contributed by atoms with E-state index in [0.29, 0.717) is 25.6 Å². The van der Waals surface area contributed by atoms with Gasteiger partial charge in [-0.2, -0.15) is 0 Å². The van der Waals surface area contributed by atoms with Crippen LogP contribution in [0.2, 0.25) is 0 Å². The maximum atomic E-state index is 12.3. The van der Waals surface area contributed by atoms with Crippen LogP contribution in [0, 0.1) is 0 Å². The van der Waals surface area contributed by atoms with Gasteiger partial charge in [-0.1, -0.05) is 6.07 Å². The molecule has 0 saturated carbocycles. The van der Waals surface area contributed by atoms with E-state index in [4.69, 9.17) is 14.2 Å². The molecule has 6 nitrogen and oxygen atoms in total. The molecule has 3 rings (SSSR count). The number of carbonyl (C=O) groups excluding carboxylic acids is 1. The van der Waals surface area contributed by atoms with Crippen LogP contribution in [0.25, 0.3) is 0 Å². The molecule has 25 heavy (non-hydrogen) atoms. The van der Waals surface area contributed by atoms with Crippen LogP contribution in [0.1, 0.15) is 19.8 Å². The first-order valence-corrected chi connectivity index (χ1v) is 9.06. The van der Waals surface area contributed by atoms with Gasteiger partial charge in [0.25, 0.3) is 0 Å². The smallest absolute Gasteiger partial charge is 0.222 e. The van der Waals surface area contributed by atoms with Gasteiger partial charge in [0, 0.05) is 31.6 Å². The second kappa shape index (κ2) is 8.54. The number of ether oxygens (including phenoxy) is 3. The Balaban J connectivity index is 1.36. The summed E-state index contributed by atoms with van der Waals surface area (Å²) in [6.07, 6.45) is 1.58. The lowest BCUT2D eigenvalue weighted by molar-refractivity contribution is -0.140. The zero-order chi connectivity index (χ0) is 17.6. The topological polar surface area (TPSA) is 51.2 Å². The van der Waals surface area contributed by atoms with Gasteiger partial charge in [-0.05, 0) is 25.5 Å². The average Bonchev–Trinajstić information content (AvgIpc) is 2.63. The van der Waals surface area contributed by atoms with E-state index < -0.39 is 0 Å². The molecule has 0 bridgehead atoms. The van der Waals surface area contributed by atoms with Crippen molar-refractivity contribution in [3.05, 3.63) is 24.3 Å². The van der Waals surface area contributed by atoms with Crippen molar-refractivity contribution < 1.29 is 19.0 Å². The molecule has 1 amide bonds. The molecular weight excluding hydrogens is 320 g/mol. The lowest BCUT2D eigenvalue weighted by Crippen LogP contribution is -2.56. The number of rotatable bonds is 7. The molecular formula is C19H28N2O4. The number of benzene rings is 1. The molecule has 0 aliphatic carbocycles. The Bertz CT molecular complexity index is 568. The highest BCUT2D eigenvalue weighted by Gasteiger charge is 2.32. The maximum absolute atomic E-state index is 12.3. The third kappa shape index (κ3) is 4.86. The fraction of sp³-hybridized carbons (Fsp3) is 0.632. The number of carbonyl (C=O) groups is 1. The molecule has 2 aliphatic rings. The van der Waals surface area contributed by atoms with Gasteiger partial charge in [-0.15, -0.1) is 0 Å². The van der Waals surface area contributed by atoms with E-state index in [9.17, 15) is 4.79 Å². The number of amides is 1. The summed E-state index contributed by atoms with van der Waals surface area (Å²) in [5.41, 5.74) is 0. The highest BCUT2D eigenvalue weighted by Crippen LogP contribution is 2.23. The largest absolute Gasteiger partial charge is 0.497 e. The Morgan fingerprint density at radius 2 is 2.00 bits per heavy atom. The molecule has 0 spiro atoms. The summed E-state index contributed by atoms with van der Waals surface area (Å²) in [7, 11) is 1.64. The molecule has 1 aromatic carbocycles.